The summed E-state index contributed by atoms with van der Waals surface area (Å²) in [6.07, 6.45) is 6.89. The molecule has 0 unspecified atom stereocenters. The van der Waals surface area contributed by atoms with Crippen molar-refractivity contribution in [1.29, 1.82) is 0 Å². The molecule has 92 valence electrons. The molecule has 0 atom stereocenters. The van der Waals surface area contributed by atoms with Crippen LogP contribution in [-0.2, 0) is 6.42 Å². The van der Waals surface area contributed by atoms with Crippen molar-refractivity contribution in [1.82, 2.24) is 0 Å². The predicted molar refractivity (Wildman–Crippen MR) is 85.0 cm³/mol. The fourth-order valence-corrected chi connectivity index (χ4v) is 3.84. The molecule has 1 aliphatic carbocycles. The minimum absolute atomic E-state index is 1.08. The van der Waals surface area contributed by atoms with Crippen molar-refractivity contribution in [3.63, 3.8) is 0 Å². The summed E-state index contributed by atoms with van der Waals surface area (Å²) in [6.45, 7) is 2.20. The number of fused-ring (bicyclic) bond motifs is 3. The second kappa shape index (κ2) is 5.02. The number of hydrogen-bond donors (Lipinski definition) is 1. The lowest BCUT2D eigenvalue weighted by Crippen LogP contribution is -1.96. The number of aryl methyl sites for hydroxylation is 1. The van der Waals surface area contributed by atoms with E-state index in [4.69, 9.17) is 0 Å². The molecule has 0 bridgehead atoms. The monoisotopic (exact) mass is 272 g/mol. The second-order valence-electron chi connectivity index (χ2n) is 4.52. The molecule has 0 amide bonds. The molecule has 0 fully saturated rings. The number of thiol groups is 1. The van der Waals surface area contributed by atoms with E-state index in [2.05, 4.69) is 56.0 Å². The topological polar surface area (TPSA) is 0 Å². The Kier molecular flexibility index (Phi) is 3.40. The quantitative estimate of drug-likeness (QED) is 0.579. The van der Waals surface area contributed by atoms with Gasteiger partial charge in [0.05, 0.1) is 0 Å². The fraction of sp³-hybridized carbons (Fsp3) is 0.250. The van der Waals surface area contributed by atoms with Gasteiger partial charge in [0.1, 0.15) is 0 Å². The Morgan fingerprint density at radius 1 is 1.22 bits per heavy atom. The second-order valence-corrected chi connectivity index (χ2v) is 6.28. The van der Waals surface area contributed by atoms with Gasteiger partial charge in [-0.25, -0.2) is 0 Å². The zero-order chi connectivity index (χ0) is 12.5. The minimum Gasteiger partial charge on any atom is -0.142 e. The largest absolute Gasteiger partial charge is 0.142 e. The normalized spacial score (nSPS) is 13.9. The van der Waals surface area contributed by atoms with Crippen LogP contribution in [0.1, 0.15) is 24.5 Å². The molecule has 1 aliphatic rings. The van der Waals surface area contributed by atoms with Crippen molar-refractivity contribution >= 4 is 41.2 Å². The molecular formula is C16H16S2. The van der Waals surface area contributed by atoms with E-state index in [1.54, 1.807) is 0 Å². The first kappa shape index (κ1) is 12.2. The number of thioether (sulfide) groups is 1. The van der Waals surface area contributed by atoms with Crippen LogP contribution < -0.4 is 0 Å². The summed E-state index contributed by atoms with van der Waals surface area (Å²) >= 11 is 6.52. The highest BCUT2D eigenvalue weighted by Gasteiger charge is 2.13. The van der Waals surface area contributed by atoms with Gasteiger partial charge in [-0.2, -0.15) is 0 Å². The number of allylic oxidation sites excluding steroid dienone is 1. The van der Waals surface area contributed by atoms with E-state index < -0.39 is 0 Å². The number of benzene rings is 2. The van der Waals surface area contributed by atoms with E-state index in [0.717, 1.165) is 23.5 Å². The average molecular weight is 272 g/mol. The summed E-state index contributed by atoms with van der Waals surface area (Å²) in [4.78, 5) is 2.43. The third-order valence-electron chi connectivity index (χ3n) is 3.40. The molecule has 2 aromatic carbocycles. The average Bonchev–Trinajstić information content (AvgIpc) is 2.41. The van der Waals surface area contributed by atoms with Crippen LogP contribution >= 0.6 is 24.4 Å². The highest BCUT2D eigenvalue weighted by molar-refractivity contribution is 8.00. The summed E-state index contributed by atoms with van der Waals surface area (Å²) in [6, 6.07) is 8.82. The molecule has 0 saturated heterocycles. The molecule has 0 spiro atoms. The SMILES string of the molecule is CCSc1c(S)ccc2ccc3c(c12)C=CCC3. The van der Waals surface area contributed by atoms with Crippen LogP contribution in [0.25, 0.3) is 16.8 Å². The molecule has 0 N–H and O–H groups in total. The fourth-order valence-electron chi connectivity index (χ4n) is 2.58. The third-order valence-corrected chi connectivity index (χ3v) is 4.93. The van der Waals surface area contributed by atoms with E-state index >= 15 is 0 Å². The lowest BCUT2D eigenvalue weighted by Gasteiger charge is -2.17. The predicted octanol–water partition coefficient (Wildman–Crippen LogP) is 5.20. The molecular weight excluding hydrogens is 256 g/mol. The number of hydrogen-bond acceptors (Lipinski definition) is 2. The van der Waals surface area contributed by atoms with Gasteiger partial charge in [-0.1, -0.05) is 37.3 Å². The smallest absolute Gasteiger partial charge is 0.0290 e. The molecule has 0 saturated carbocycles. The van der Waals surface area contributed by atoms with Gasteiger partial charge in [0, 0.05) is 15.2 Å². The van der Waals surface area contributed by atoms with Gasteiger partial charge in [0.15, 0.2) is 0 Å². The first-order valence-corrected chi connectivity index (χ1v) is 7.81. The summed E-state index contributed by atoms with van der Waals surface area (Å²) < 4.78 is 0. The summed E-state index contributed by atoms with van der Waals surface area (Å²) in [7, 11) is 0. The Bertz CT molecular complexity index is 627. The van der Waals surface area contributed by atoms with Crippen LogP contribution in [0.3, 0.4) is 0 Å². The van der Waals surface area contributed by atoms with Crippen molar-refractivity contribution in [2.24, 2.45) is 0 Å². The highest BCUT2D eigenvalue weighted by Crippen LogP contribution is 2.38. The Labute approximate surface area is 118 Å². The maximum absolute atomic E-state index is 4.63. The molecule has 3 rings (SSSR count). The first-order valence-electron chi connectivity index (χ1n) is 6.38. The van der Waals surface area contributed by atoms with Crippen LogP contribution in [0.2, 0.25) is 0 Å². The zero-order valence-corrected chi connectivity index (χ0v) is 12.2. The van der Waals surface area contributed by atoms with Crippen molar-refractivity contribution in [2.75, 3.05) is 5.75 Å². The summed E-state index contributed by atoms with van der Waals surface area (Å²) in [5.41, 5.74) is 2.88. The van der Waals surface area contributed by atoms with E-state index in [9.17, 15) is 0 Å². The Balaban J connectivity index is 2.37. The van der Waals surface area contributed by atoms with Crippen molar-refractivity contribution in [3.05, 3.63) is 41.5 Å². The van der Waals surface area contributed by atoms with Crippen LogP contribution in [0.15, 0.2) is 40.1 Å². The van der Waals surface area contributed by atoms with E-state index in [-0.39, 0.29) is 0 Å². The Morgan fingerprint density at radius 3 is 2.89 bits per heavy atom. The first-order chi connectivity index (χ1) is 8.81. The molecule has 0 radical (unpaired) electrons. The van der Waals surface area contributed by atoms with Crippen molar-refractivity contribution in [3.8, 4) is 0 Å². The standard InChI is InChI=1S/C16H16S2/c1-2-18-16-14(17)10-9-12-8-7-11-5-3-4-6-13(11)15(12)16/h4,6-10,17H,2-3,5H2,1H3. The zero-order valence-electron chi connectivity index (χ0n) is 10.4. The van der Waals surface area contributed by atoms with E-state index in [1.165, 1.54) is 26.8 Å². The van der Waals surface area contributed by atoms with Crippen molar-refractivity contribution in [2.45, 2.75) is 29.6 Å². The lowest BCUT2D eigenvalue weighted by molar-refractivity contribution is 0.988. The van der Waals surface area contributed by atoms with Crippen molar-refractivity contribution < 1.29 is 0 Å². The molecule has 0 heterocycles. The Morgan fingerprint density at radius 2 is 2.06 bits per heavy atom. The van der Waals surface area contributed by atoms with Gasteiger partial charge in [-0.3, -0.25) is 0 Å². The van der Waals surface area contributed by atoms with Gasteiger partial charge >= 0.3 is 0 Å². The lowest BCUT2D eigenvalue weighted by atomic mass is 9.92. The van der Waals surface area contributed by atoms with E-state index in [0.29, 0.717) is 0 Å². The molecule has 2 aromatic rings. The molecule has 0 nitrogen and oxygen atoms in total. The summed E-state index contributed by atoms with van der Waals surface area (Å²) in [5, 5.41) is 2.72. The van der Waals surface area contributed by atoms with Gasteiger partial charge in [-0.05, 0) is 41.2 Å². The van der Waals surface area contributed by atoms with Gasteiger partial charge in [-0.15, -0.1) is 24.4 Å². The van der Waals surface area contributed by atoms with Gasteiger partial charge in [0.25, 0.3) is 0 Å². The maximum Gasteiger partial charge on any atom is 0.0290 e. The molecule has 0 aromatic heterocycles. The molecule has 18 heavy (non-hydrogen) atoms. The molecule has 0 aliphatic heterocycles. The van der Waals surface area contributed by atoms with Gasteiger partial charge < -0.3 is 0 Å². The number of rotatable bonds is 2. The van der Waals surface area contributed by atoms with Crippen LogP contribution in [0.5, 0.6) is 0 Å². The maximum atomic E-state index is 4.63. The van der Waals surface area contributed by atoms with Gasteiger partial charge in [0.2, 0.25) is 0 Å². The summed E-state index contributed by atoms with van der Waals surface area (Å²) in [5.74, 6) is 1.08. The van der Waals surface area contributed by atoms with Crippen LogP contribution in [-0.4, -0.2) is 5.75 Å². The van der Waals surface area contributed by atoms with E-state index in [1.807, 2.05) is 11.8 Å². The Hall–Kier alpha value is -0.860. The van der Waals surface area contributed by atoms with Crippen LogP contribution in [0.4, 0.5) is 0 Å². The van der Waals surface area contributed by atoms with Crippen LogP contribution in [0, 0.1) is 0 Å². The molecule has 2 heteroatoms. The minimum atomic E-state index is 1.08. The third kappa shape index (κ3) is 1.98. The highest BCUT2D eigenvalue weighted by atomic mass is 32.2.